The predicted octanol–water partition coefficient (Wildman–Crippen LogP) is 4.51. The van der Waals surface area contributed by atoms with Gasteiger partial charge in [0.15, 0.2) is 0 Å². The van der Waals surface area contributed by atoms with Gasteiger partial charge in [-0.15, -0.1) is 11.8 Å². The minimum atomic E-state index is -0.0189. The van der Waals surface area contributed by atoms with Gasteiger partial charge >= 0.3 is 0 Å². The van der Waals surface area contributed by atoms with Gasteiger partial charge in [-0.2, -0.15) is 0 Å². The molecule has 27 heavy (non-hydrogen) atoms. The van der Waals surface area contributed by atoms with Crippen molar-refractivity contribution < 1.29 is 9.53 Å². The number of aromatic nitrogens is 1. The molecule has 4 nitrogen and oxygen atoms in total. The highest BCUT2D eigenvalue weighted by atomic mass is 32.2. The molecule has 0 bridgehead atoms. The van der Waals surface area contributed by atoms with E-state index in [4.69, 9.17) is 4.74 Å². The van der Waals surface area contributed by atoms with Gasteiger partial charge in [0.1, 0.15) is 17.5 Å². The SMILES string of the molecule is CCC1Cn2c(C(=O)NCCc3ccc(SC)cc3)cc3cccc(c32)O1. The van der Waals surface area contributed by atoms with Crippen LogP contribution in [0.4, 0.5) is 0 Å². The number of hydrogen-bond donors (Lipinski definition) is 1. The van der Waals surface area contributed by atoms with Crippen LogP contribution in [0.15, 0.2) is 53.4 Å². The molecule has 1 aliphatic rings. The molecule has 140 valence electrons. The zero-order valence-corrected chi connectivity index (χ0v) is 16.5. The second kappa shape index (κ2) is 7.69. The van der Waals surface area contributed by atoms with Crippen molar-refractivity contribution in [3.05, 3.63) is 59.8 Å². The summed E-state index contributed by atoms with van der Waals surface area (Å²) in [6.45, 7) is 3.46. The second-order valence-corrected chi connectivity index (χ2v) is 7.72. The third-order valence-electron chi connectivity index (χ3n) is 5.11. The van der Waals surface area contributed by atoms with E-state index in [9.17, 15) is 4.79 Å². The molecule has 0 radical (unpaired) electrons. The van der Waals surface area contributed by atoms with Crippen LogP contribution in [0.2, 0.25) is 0 Å². The number of carbonyl (C=O) groups excluding carboxylic acids is 1. The molecular formula is C22H24N2O2S. The van der Waals surface area contributed by atoms with Gasteiger partial charge in [0.05, 0.1) is 12.1 Å². The molecule has 2 aromatic carbocycles. The van der Waals surface area contributed by atoms with Crippen molar-refractivity contribution in [3.8, 4) is 5.75 Å². The van der Waals surface area contributed by atoms with Crippen molar-refractivity contribution in [2.24, 2.45) is 0 Å². The number of carbonyl (C=O) groups is 1. The van der Waals surface area contributed by atoms with E-state index in [-0.39, 0.29) is 12.0 Å². The number of nitrogens with one attached hydrogen (secondary N) is 1. The standard InChI is InChI=1S/C22H24N2O2S/c1-3-17-14-24-19(13-16-5-4-6-20(26-17)21(16)24)22(25)23-12-11-15-7-9-18(27-2)10-8-15/h4-10,13,17H,3,11-12,14H2,1-2H3,(H,23,25). The Morgan fingerprint density at radius 2 is 2.07 bits per heavy atom. The Kier molecular flexibility index (Phi) is 5.12. The fourth-order valence-corrected chi connectivity index (χ4v) is 4.01. The topological polar surface area (TPSA) is 43.3 Å². The van der Waals surface area contributed by atoms with Crippen LogP contribution in [-0.4, -0.2) is 29.4 Å². The summed E-state index contributed by atoms with van der Waals surface area (Å²) in [7, 11) is 0. The van der Waals surface area contributed by atoms with Gasteiger partial charge in [-0.3, -0.25) is 4.79 Å². The Morgan fingerprint density at radius 1 is 1.26 bits per heavy atom. The molecule has 4 rings (SSSR count). The maximum absolute atomic E-state index is 12.8. The molecule has 1 amide bonds. The molecule has 0 saturated carbocycles. The van der Waals surface area contributed by atoms with Crippen LogP contribution in [0.1, 0.15) is 29.4 Å². The summed E-state index contributed by atoms with van der Waals surface area (Å²) in [5, 5.41) is 4.14. The smallest absolute Gasteiger partial charge is 0.267 e. The van der Waals surface area contributed by atoms with Crippen molar-refractivity contribution in [3.63, 3.8) is 0 Å². The van der Waals surface area contributed by atoms with E-state index in [2.05, 4.69) is 47.3 Å². The lowest BCUT2D eigenvalue weighted by molar-refractivity contribution is 0.0938. The van der Waals surface area contributed by atoms with Gasteiger partial charge in [-0.05, 0) is 48.9 Å². The summed E-state index contributed by atoms with van der Waals surface area (Å²) in [5.41, 5.74) is 2.98. The first-order chi connectivity index (χ1) is 13.2. The Hall–Kier alpha value is -2.40. The van der Waals surface area contributed by atoms with E-state index in [1.165, 1.54) is 10.5 Å². The number of benzene rings is 2. The van der Waals surface area contributed by atoms with E-state index < -0.39 is 0 Å². The first kappa shape index (κ1) is 18.0. The summed E-state index contributed by atoms with van der Waals surface area (Å²) in [5.74, 6) is 0.855. The first-order valence-corrected chi connectivity index (χ1v) is 10.6. The average molecular weight is 381 g/mol. The summed E-state index contributed by atoms with van der Waals surface area (Å²) < 4.78 is 8.17. The van der Waals surface area contributed by atoms with Crippen molar-refractivity contribution in [2.75, 3.05) is 12.8 Å². The lowest BCUT2D eigenvalue weighted by Crippen LogP contribution is -2.32. The van der Waals surface area contributed by atoms with E-state index in [0.717, 1.165) is 41.7 Å². The van der Waals surface area contributed by atoms with Gasteiger partial charge in [0, 0.05) is 16.8 Å². The molecule has 3 aromatic rings. The fourth-order valence-electron chi connectivity index (χ4n) is 3.60. The Bertz CT molecular complexity index is 962. The summed E-state index contributed by atoms with van der Waals surface area (Å²) in [6.07, 6.45) is 3.92. The van der Waals surface area contributed by atoms with Gasteiger partial charge in [0.2, 0.25) is 0 Å². The lowest BCUT2D eigenvalue weighted by atomic mass is 10.1. The molecule has 0 saturated heterocycles. The summed E-state index contributed by atoms with van der Waals surface area (Å²) in [4.78, 5) is 14.1. The molecule has 1 aliphatic heterocycles. The zero-order chi connectivity index (χ0) is 18.8. The molecule has 2 heterocycles. The van der Waals surface area contributed by atoms with Gasteiger partial charge in [-0.25, -0.2) is 0 Å². The van der Waals surface area contributed by atoms with Crippen LogP contribution < -0.4 is 10.1 Å². The molecular weight excluding hydrogens is 356 g/mol. The maximum Gasteiger partial charge on any atom is 0.267 e. The largest absolute Gasteiger partial charge is 0.486 e. The van der Waals surface area contributed by atoms with Crippen molar-refractivity contribution >= 4 is 28.6 Å². The molecule has 1 unspecified atom stereocenters. The zero-order valence-electron chi connectivity index (χ0n) is 15.7. The Morgan fingerprint density at radius 3 is 2.81 bits per heavy atom. The van der Waals surface area contributed by atoms with Crippen molar-refractivity contribution in [1.82, 2.24) is 9.88 Å². The minimum absolute atomic E-state index is 0.0189. The number of para-hydroxylation sites is 1. The van der Waals surface area contributed by atoms with Crippen molar-refractivity contribution in [1.29, 1.82) is 0 Å². The van der Waals surface area contributed by atoms with Crippen molar-refractivity contribution in [2.45, 2.75) is 37.3 Å². The highest BCUT2D eigenvalue weighted by Crippen LogP contribution is 2.34. The van der Waals surface area contributed by atoms with Crippen LogP contribution in [-0.2, 0) is 13.0 Å². The summed E-state index contributed by atoms with van der Waals surface area (Å²) in [6, 6.07) is 16.5. The predicted molar refractivity (Wildman–Crippen MR) is 111 cm³/mol. The molecule has 0 spiro atoms. The second-order valence-electron chi connectivity index (χ2n) is 6.84. The Balaban J connectivity index is 1.49. The lowest BCUT2D eigenvalue weighted by Gasteiger charge is -2.26. The number of thioether (sulfide) groups is 1. The van der Waals surface area contributed by atoms with E-state index in [0.29, 0.717) is 6.54 Å². The van der Waals surface area contributed by atoms with Crippen LogP contribution in [0.3, 0.4) is 0 Å². The van der Waals surface area contributed by atoms with Crippen LogP contribution >= 0.6 is 11.8 Å². The number of nitrogens with zero attached hydrogens (tertiary/aromatic N) is 1. The molecule has 1 aromatic heterocycles. The molecule has 0 aliphatic carbocycles. The average Bonchev–Trinajstić information content (AvgIpc) is 3.08. The molecule has 5 heteroatoms. The van der Waals surface area contributed by atoms with E-state index >= 15 is 0 Å². The van der Waals surface area contributed by atoms with E-state index in [1.807, 2.05) is 24.3 Å². The monoisotopic (exact) mass is 380 g/mol. The number of hydrogen-bond acceptors (Lipinski definition) is 3. The molecule has 1 N–H and O–H groups in total. The molecule has 1 atom stereocenters. The normalized spacial score (nSPS) is 15.6. The quantitative estimate of drug-likeness (QED) is 0.640. The number of amides is 1. The third kappa shape index (κ3) is 3.56. The Labute approximate surface area is 163 Å². The first-order valence-electron chi connectivity index (χ1n) is 9.39. The van der Waals surface area contributed by atoms with Crippen LogP contribution in [0.5, 0.6) is 5.75 Å². The number of rotatable bonds is 6. The molecule has 0 fully saturated rings. The minimum Gasteiger partial charge on any atom is -0.486 e. The van der Waals surface area contributed by atoms with Gasteiger partial charge in [-0.1, -0.05) is 31.2 Å². The fraction of sp³-hybridized carbons (Fsp3) is 0.318. The van der Waals surface area contributed by atoms with Gasteiger partial charge < -0.3 is 14.6 Å². The number of ether oxygens (including phenoxy) is 1. The highest BCUT2D eigenvalue weighted by molar-refractivity contribution is 7.98. The van der Waals surface area contributed by atoms with Crippen LogP contribution in [0.25, 0.3) is 10.9 Å². The third-order valence-corrected chi connectivity index (χ3v) is 5.85. The van der Waals surface area contributed by atoms with Gasteiger partial charge in [0.25, 0.3) is 5.91 Å². The highest BCUT2D eigenvalue weighted by Gasteiger charge is 2.25. The van der Waals surface area contributed by atoms with Crippen LogP contribution in [0, 0.1) is 0 Å². The maximum atomic E-state index is 12.8. The summed E-state index contributed by atoms with van der Waals surface area (Å²) >= 11 is 1.74. The van der Waals surface area contributed by atoms with E-state index in [1.54, 1.807) is 11.8 Å².